The third-order valence-corrected chi connectivity index (χ3v) is 4.59. The number of ether oxygens (including phenoxy) is 1. The van der Waals surface area contributed by atoms with Crippen molar-refractivity contribution in [2.45, 2.75) is 20.0 Å². The lowest BCUT2D eigenvalue weighted by atomic mass is 10.1. The first-order valence-electron chi connectivity index (χ1n) is 9.42. The molecule has 2 amide bonds. The number of alkyl halides is 3. The van der Waals surface area contributed by atoms with Crippen molar-refractivity contribution in [1.29, 1.82) is 0 Å². The molecule has 0 radical (unpaired) electrons. The maximum atomic E-state index is 13.1. The summed E-state index contributed by atoms with van der Waals surface area (Å²) in [5, 5.41) is 2.73. The Balaban J connectivity index is 1.66. The van der Waals surface area contributed by atoms with Crippen LogP contribution < -0.4 is 15.0 Å². The van der Waals surface area contributed by atoms with Crippen molar-refractivity contribution in [3.8, 4) is 17.1 Å². The highest BCUT2D eigenvalue weighted by atomic mass is 19.4. The number of carbonyl (C=O) groups excluding carboxylic acids is 1. The van der Waals surface area contributed by atoms with Crippen LogP contribution in [0.15, 0.2) is 42.6 Å². The summed E-state index contributed by atoms with van der Waals surface area (Å²) in [6.45, 7) is 4.11. The van der Waals surface area contributed by atoms with Gasteiger partial charge in [0.25, 0.3) is 5.88 Å². The van der Waals surface area contributed by atoms with Crippen LogP contribution in [0.4, 0.5) is 29.6 Å². The highest BCUT2D eigenvalue weighted by Crippen LogP contribution is 2.34. The number of fused-ring (bicyclic) bond motifs is 1. The lowest BCUT2D eigenvalue weighted by Crippen LogP contribution is -2.41. The maximum absolute atomic E-state index is 13.1. The minimum atomic E-state index is -4.48. The molecular weight excluding hydrogens is 411 g/mol. The van der Waals surface area contributed by atoms with Crippen LogP contribution in [0.1, 0.15) is 16.8 Å². The second-order valence-corrected chi connectivity index (χ2v) is 7.06. The van der Waals surface area contributed by atoms with Gasteiger partial charge in [-0.1, -0.05) is 12.1 Å². The van der Waals surface area contributed by atoms with E-state index in [1.165, 1.54) is 23.2 Å². The molecule has 0 saturated heterocycles. The number of urea groups is 1. The first-order valence-corrected chi connectivity index (χ1v) is 9.42. The van der Waals surface area contributed by atoms with E-state index in [0.717, 1.165) is 23.4 Å². The molecule has 0 aliphatic carbocycles. The van der Waals surface area contributed by atoms with Crippen molar-refractivity contribution in [2.24, 2.45) is 0 Å². The fraction of sp³-hybridized carbons (Fsp3) is 0.238. The standard InChI is InChI=1S/C21H18F3N5O2/c1-12-8-13(2)26-17(9-12)28-20(30)29-6-7-31-19-18(29)27-16(11-25-19)14-4-3-5-15(10-14)21(22,23)24/h3-5,8-11H,6-7H2,1-2H3,(H,26,28,30). The Labute approximate surface area is 175 Å². The number of nitrogens with one attached hydrogen (secondary N) is 1. The molecule has 0 saturated carbocycles. The van der Waals surface area contributed by atoms with Crippen molar-refractivity contribution in [2.75, 3.05) is 23.4 Å². The Kier molecular flexibility index (Phi) is 5.22. The molecule has 2 aromatic heterocycles. The van der Waals surface area contributed by atoms with Gasteiger partial charge in [0.2, 0.25) is 5.82 Å². The van der Waals surface area contributed by atoms with E-state index in [1.54, 1.807) is 6.07 Å². The van der Waals surface area contributed by atoms with E-state index in [4.69, 9.17) is 4.74 Å². The minimum absolute atomic E-state index is 0.128. The summed E-state index contributed by atoms with van der Waals surface area (Å²) in [6, 6.07) is 7.89. The number of anilines is 2. The van der Waals surface area contributed by atoms with Crippen LogP contribution in [0.25, 0.3) is 11.3 Å². The van der Waals surface area contributed by atoms with Gasteiger partial charge in [-0.15, -0.1) is 0 Å². The largest absolute Gasteiger partial charge is 0.473 e. The number of rotatable bonds is 2. The maximum Gasteiger partial charge on any atom is 0.416 e. The van der Waals surface area contributed by atoms with E-state index in [1.807, 2.05) is 19.9 Å². The average molecular weight is 429 g/mol. The first kappa shape index (κ1) is 20.6. The Morgan fingerprint density at radius 2 is 1.97 bits per heavy atom. The summed E-state index contributed by atoms with van der Waals surface area (Å²) in [5.41, 5.74) is 1.32. The number of aryl methyl sites for hydroxylation is 2. The van der Waals surface area contributed by atoms with E-state index in [2.05, 4.69) is 20.3 Å². The number of nitrogens with zero attached hydrogens (tertiary/aromatic N) is 4. The molecule has 7 nitrogen and oxygen atoms in total. The number of amides is 2. The second kappa shape index (κ2) is 7.86. The summed E-state index contributed by atoms with van der Waals surface area (Å²) in [6.07, 6.45) is -3.16. The van der Waals surface area contributed by atoms with Gasteiger partial charge in [0.05, 0.1) is 24.0 Å². The van der Waals surface area contributed by atoms with Crippen molar-refractivity contribution in [1.82, 2.24) is 15.0 Å². The Hall–Kier alpha value is -3.69. The normalized spacial score (nSPS) is 13.4. The van der Waals surface area contributed by atoms with Crippen LogP contribution in [0, 0.1) is 13.8 Å². The summed E-state index contributed by atoms with van der Waals surface area (Å²) in [5.74, 6) is 0.645. The van der Waals surface area contributed by atoms with Gasteiger partial charge in [-0.2, -0.15) is 13.2 Å². The molecule has 10 heteroatoms. The van der Waals surface area contributed by atoms with Crippen molar-refractivity contribution in [3.63, 3.8) is 0 Å². The van der Waals surface area contributed by atoms with Crippen molar-refractivity contribution >= 4 is 17.7 Å². The van der Waals surface area contributed by atoms with E-state index in [-0.39, 0.29) is 36.1 Å². The molecule has 1 aliphatic rings. The molecule has 160 valence electrons. The Morgan fingerprint density at radius 1 is 1.16 bits per heavy atom. The summed E-state index contributed by atoms with van der Waals surface area (Å²) >= 11 is 0. The van der Waals surface area contributed by atoms with Crippen LogP contribution in [-0.2, 0) is 6.18 Å². The van der Waals surface area contributed by atoms with Gasteiger partial charge in [0, 0.05) is 11.3 Å². The van der Waals surface area contributed by atoms with E-state index < -0.39 is 17.8 Å². The van der Waals surface area contributed by atoms with Gasteiger partial charge < -0.3 is 4.74 Å². The molecule has 4 rings (SSSR count). The molecule has 0 unspecified atom stereocenters. The molecule has 1 aliphatic heterocycles. The third-order valence-electron chi connectivity index (χ3n) is 4.59. The molecule has 0 fully saturated rings. The molecule has 0 spiro atoms. The molecule has 1 aromatic carbocycles. The number of benzene rings is 1. The van der Waals surface area contributed by atoms with Gasteiger partial charge in [-0.05, 0) is 43.7 Å². The Morgan fingerprint density at radius 3 is 2.71 bits per heavy atom. The quantitative estimate of drug-likeness (QED) is 0.644. The fourth-order valence-corrected chi connectivity index (χ4v) is 3.26. The molecular formula is C21H18F3N5O2. The summed E-state index contributed by atoms with van der Waals surface area (Å²) in [7, 11) is 0. The predicted molar refractivity (Wildman–Crippen MR) is 108 cm³/mol. The Bertz CT molecular complexity index is 1130. The van der Waals surface area contributed by atoms with Gasteiger partial charge in [0.1, 0.15) is 12.4 Å². The minimum Gasteiger partial charge on any atom is -0.473 e. The molecule has 31 heavy (non-hydrogen) atoms. The monoisotopic (exact) mass is 429 g/mol. The molecule has 3 heterocycles. The zero-order chi connectivity index (χ0) is 22.2. The first-order chi connectivity index (χ1) is 14.7. The smallest absolute Gasteiger partial charge is 0.416 e. The van der Waals surface area contributed by atoms with Crippen molar-refractivity contribution in [3.05, 3.63) is 59.4 Å². The molecule has 3 aromatic rings. The lowest BCUT2D eigenvalue weighted by molar-refractivity contribution is -0.137. The number of aromatic nitrogens is 3. The highest BCUT2D eigenvalue weighted by Gasteiger charge is 2.31. The van der Waals surface area contributed by atoms with Gasteiger partial charge >= 0.3 is 12.2 Å². The molecule has 1 N–H and O–H groups in total. The summed E-state index contributed by atoms with van der Waals surface area (Å²) in [4.78, 5) is 27.0. The average Bonchev–Trinajstić information content (AvgIpc) is 2.71. The topological polar surface area (TPSA) is 80.2 Å². The SMILES string of the molecule is Cc1cc(C)nc(NC(=O)N2CCOc3ncc(-c4cccc(C(F)(F)F)c4)nc32)c1. The van der Waals surface area contributed by atoms with Crippen LogP contribution in [-0.4, -0.2) is 34.1 Å². The van der Waals surface area contributed by atoms with Gasteiger partial charge in [0.15, 0.2) is 0 Å². The van der Waals surface area contributed by atoms with E-state index in [0.29, 0.717) is 5.82 Å². The van der Waals surface area contributed by atoms with Crippen molar-refractivity contribution < 1.29 is 22.7 Å². The number of halogens is 3. The number of pyridine rings is 1. The second-order valence-electron chi connectivity index (χ2n) is 7.06. The third kappa shape index (κ3) is 4.42. The lowest BCUT2D eigenvalue weighted by Gasteiger charge is -2.27. The number of hydrogen-bond donors (Lipinski definition) is 1. The molecule has 0 atom stereocenters. The van der Waals surface area contributed by atoms with Crippen LogP contribution >= 0.6 is 0 Å². The van der Waals surface area contributed by atoms with Crippen LogP contribution in [0.2, 0.25) is 0 Å². The zero-order valence-corrected chi connectivity index (χ0v) is 16.7. The zero-order valence-electron chi connectivity index (χ0n) is 16.7. The number of hydrogen-bond acceptors (Lipinski definition) is 5. The van der Waals surface area contributed by atoms with Gasteiger partial charge in [-0.25, -0.2) is 19.7 Å². The van der Waals surface area contributed by atoms with Crippen LogP contribution in [0.5, 0.6) is 5.88 Å². The fourth-order valence-electron chi connectivity index (χ4n) is 3.26. The highest BCUT2D eigenvalue weighted by molar-refractivity contribution is 6.01. The molecule has 0 bridgehead atoms. The number of carbonyl (C=O) groups is 1. The van der Waals surface area contributed by atoms with Crippen LogP contribution in [0.3, 0.4) is 0 Å². The van der Waals surface area contributed by atoms with Gasteiger partial charge in [-0.3, -0.25) is 10.2 Å². The predicted octanol–water partition coefficient (Wildman–Crippen LogP) is 4.61. The van der Waals surface area contributed by atoms with E-state index in [9.17, 15) is 18.0 Å². The van der Waals surface area contributed by atoms with E-state index >= 15 is 0 Å². The summed E-state index contributed by atoms with van der Waals surface area (Å²) < 4.78 is 44.7.